The summed E-state index contributed by atoms with van der Waals surface area (Å²) in [6.45, 7) is 0. The van der Waals surface area contributed by atoms with Gasteiger partial charge < -0.3 is 16.0 Å². The third kappa shape index (κ3) is 7.22. The number of hydrogen-bond acceptors (Lipinski definition) is 4. The topological polar surface area (TPSA) is 87.3 Å². The fourth-order valence-corrected chi connectivity index (χ4v) is 5.79. The molecule has 16 heteroatoms. The van der Waals surface area contributed by atoms with Crippen molar-refractivity contribution in [1.82, 2.24) is 0 Å². The van der Waals surface area contributed by atoms with E-state index in [4.69, 9.17) is 34.8 Å². The third-order valence-corrected chi connectivity index (χ3v) is 8.49. The minimum absolute atomic E-state index is 0.000586. The summed E-state index contributed by atoms with van der Waals surface area (Å²) in [6.07, 6.45) is -3.24. The van der Waals surface area contributed by atoms with E-state index >= 15 is 4.39 Å². The quantitative estimate of drug-likeness (QED) is 0.155. The molecule has 3 aromatic carbocycles. The van der Waals surface area contributed by atoms with E-state index in [1.165, 1.54) is 23.9 Å². The number of benzene rings is 3. The van der Waals surface area contributed by atoms with Gasteiger partial charge in [-0.05, 0) is 54.3 Å². The van der Waals surface area contributed by atoms with Crippen LogP contribution in [0.2, 0.25) is 5.02 Å². The maximum atomic E-state index is 15.0. The van der Waals surface area contributed by atoms with Gasteiger partial charge in [-0.1, -0.05) is 17.7 Å². The summed E-state index contributed by atoms with van der Waals surface area (Å²) < 4.78 is 80.8. The summed E-state index contributed by atoms with van der Waals surface area (Å²) >= 11 is 20.0. The molecule has 6 nitrogen and oxygen atoms in total. The highest BCUT2D eigenvalue weighted by molar-refractivity contribution is 7.98. The van der Waals surface area contributed by atoms with Crippen LogP contribution >= 0.6 is 46.6 Å². The first-order valence-electron chi connectivity index (χ1n) is 12.5. The van der Waals surface area contributed by atoms with Crippen molar-refractivity contribution in [3.63, 3.8) is 0 Å². The van der Waals surface area contributed by atoms with Crippen LogP contribution in [0.1, 0.15) is 33.8 Å². The first kappa shape index (κ1) is 33.8. The average molecular weight is 699 g/mol. The molecule has 0 radical (unpaired) electrons. The maximum absolute atomic E-state index is 15.0. The molecule has 0 saturated heterocycles. The van der Waals surface area contributed by atoms with Crippen LogP contribution in [0.5, 0.6) is 0 Å². The molecular formula is C28H20Cl3F6N3O3S. The molecule has 1 fully saturated rings. The smallest absolute Gasteiger partial charge is 0.326 e. The van der Waals surface area contributed by atoms with Gasteiger partial charge in [-0.15, -0.1) is 23.2 Å². The number of anilines is 3. The zero-order valence-corrected chi connectivity index (χ0v) is 25.3. The van der Waals surface area contributed by atoms with Gasteiger partial charge in [-0.25, -0.2) is 13.2 Å². The fraction of sp³-hybridized carbons (Fsp3) is 0.250. The van der Waals surface area contributed by atoms with E-state index in [0.717, 1.165) is 24.3 Å². The average Bonchev–Trinajstić information content (AvgIpc) is 3.53. The highest BCUT2D eigenvalue weighted by Gasteiger charge is 2.67. The van der Waals surface area contributed by atoms with Gasteiger partial charge in [0, 0.05) is 23.8 Å². The Balaban J connectivity index is 1.51. The first-order valence-corrected chi connectivity index (χ1v) is 15.0. The number of carbonyl (C=O) groups is 3. The number of carbonyl (C=O) groups excluding carboxylic acids is 3. The molecule has 3 amide bonds. The van der Waals surface area contributed by atoms with E-state index in [2.05, 4.69) is 16.0 Å². The summed E-state index contributed by atoms with van der Waals surface area (Å²) in [4.78, 5) is 38.0. The number of rotatable bonds is 9. The molecule has 0 aliphatic heterocycles. The van der Waals surface area contributed by atoms with Crippen molar-refractivity contribution in [1.29, 1.82) is 0 Å². The van der Waals surface area contributed by atoms with Gasteiger partial charge >= 0.3 is 6.18 Å². The van der Waals surface area contributed by atoms with Gasteiger partial charge in [0.2, 0.25) is 11.8 Å². The number of thioether (sulfide) groups is 1. The van der Waals surface area contributed by atoms with Crippen molar-refractivity contribution >= 4 is 81.3 Å². The second kappa shape index (κ2) is 13.1. The Morgan fingerprint density at radius 2 is 1.61 bits per heavy atom. The molecule has 3 N–H and O–H groups in total. The Morgan fingerprint density at radius 3 is 2.27 bits per heavy atom. The van der Waals surface area contributed by atoms with Crippen LogP contribution in [-0.2, 0) is 15.8 Å². The molecule has 2 atom stereocenters. The minimum atomic E-state index is -4.99. The second-order valence-electron chi connectivity index (χ2n) is 9.58. The van der Waals surface area contributed by atoms with Crippen molar-refractivity contribution in [2.75, 3.05) is 28.0 Å². The highest BCUT2D eigenvalue weighted by atomic mass is 35.5. The largest absolute Gasteiger partial charge is 0.419 e. The Morgan fingerprint density at radius 1 is 0.932 bits per heavy atom. The van der Waals surface area contributed by atoms with Crippen molar-refractivity contribution in [3.8, 4) is 0 Å². The molecular weight excluding hydrogens is 679 g/mol. The number of hydrogen-bond donors (Lipinski definition) is 3. The molecule has 4 rings (SSSR count). The molecule has 1 aliphatic carbocycles. The first-order chi connectivity index (χ1) is 20.6. The van der Waals surface area contributed by atoms with Gasteiger partial charge in [-0.2, -0.15) is 24.9 Å². The Bertz CT molecular complexity index is 1640. The van der Waals surface area contributed by atoms with Gasteiger partial charge in [0.15, 0.2) is 5.82 Å². The highest BCUT2D eigenvalue weighted by Crippen LogP contribution is 2.65. The van der Waals surface area contributed by atoms with Gasteiger partial charge in [0.05, 0.1) is 27.8 Å². The van der Waals surface area contributed by atoms with Crippen molar-refractivity contribution in [2.45, 2.75) is 22.8 Å². The monoisotopic (exact) mass is 697 g/mol. The molecule has 3 aromatic rings. The van der Waals surface area contributed by atoms with Crippen LogP contribution in [0.4, 0.5) is 43.4 Å². The van der Waals surface area contributed by atoms with Gasteiger partial charge in [0.25, 0.3) is 5.91 Å². The number of halogens is 9. The Labute approximate surface area is 265 Å². The van der Waals surface area contributed by atoms with Crippen LogP contribution in [0.3, 0.4) is 0 Å². The van der Waals surface area contributed by atoms with Crippen LogP contribution in [0.15, 0.2) is 48.5 Å². The maximum Gasteiger partial charge on any atom is 0.419 e. The zero-order chi connectivity index (χ0) is 32.6. The Kier molecular flexibility index (Phi) is 10.0. The van der Waals surface area contributed by atoms with Crippen LogP contribution in [0, 0.1) is 23.4 Å². The summed E-state index contributed by atoms with van der Waals surface area (Å²) in [6, 6.07) is 7.63. The molecule has 0 spiro atoms. The molecule has 0 aromatic heterocycles. The van der Waals surface area contributed by atoms with E-state index in [9.17, 15) is 36.3 Å². The number of amides is 3. The van der Waals surface area contributed by atoms with Crippen LogP contribution in [-0.4, -0.2) is 34.1 Å². The SMILES string of the molecule is CSCCC(=O)Nc1c(F)ccc(NC(=O)c2cc(NC(=O)[C@H]3C(c4ccc(F)c(C(F)(F)F)c4)C3(Cl)Cl)ccc2Cl)c1F. The zero-order valence-electron chi connectivity index (χ0n) is 22.2. The van der Waals surface area contributed by atoms with Gasteiger partial charge in [-0.3, -0.25) is 14.4 Å². The van der Waals surface area contributed by atoms with E-state index in [1.807, 2.05) is 0 Å². The second-order valence-corrected chi connectivity index (χ2v) is 12.4. The molecule has 1 saturated carbocycles. The molecule has 0 heterocycles. The van der Waals surface area contributed by atoms with E-state index in [-0.39, 0.29) is 28.3 Å². The van der Waals surface area contributed by atoms with Crippen molar-refractivity contribution in [3.05, 3.63) is 87.7 Å². The fourth-order valence-electron chi connectivity index (χ4n) is 4.37. The summed E-state index contributed by atoms with van der Waals surface area (Å²) in [7, 11) is 0. The number of nitrogens with one attached hydrogen (secondary N) is 3. The Hall–Kier alpha value is -3.13. The van der Waals surface area contributed by atoms with Crippen LogP contribution < -0.4 is 16.0 Å². The van der Waals surface area contributed by atoms with E-state index in [0.29, 0.717) is 17.9 Å². The lowest BCUT2D eigenvalue weighted by Gasteiger charge is -2.13. The van der Waals surface area contributed by atoms with Crippen molar-refractivity contribution < 1.29 is 40.7 Å². The lowest BCUT2D eigenvalue weighted by atomic mass is 10.0. The van der Waals surface area contributed by atoms with E-state index < -0.39 is 74.5 Å². The molecule has 1 unspecified atom stereocenters. The lowest BCUT2D eigenvalue weighted by molar-refractivity contribution is -0.140. The third-order valence-electron chi connectivity index (χ3n) is 6.61. The van der Waals surface area contributed by atoms with E-state index in [1.54, 1.807) is 6.26 Å². The molecule has 1 aliphatic rings. The van der Waals surface area contributed by atoms with Crippen LogP contribution in [0.25, 0.3) is 0 Å². The molecule has 234 valence electrons. The van der Waals surface area contributed by atoms with Crippen molar-refractivity contribution in [2.24, 2.45) is 5.92 Å². The predicted octanol–water partition coefficient (Wildman–Crippen LogP) is 8.25. The molecule has 0 bridgehead atoms. The standard InChI is InChI=1S/C28H20Cl3F6N3O3S/c1-44-9-8-20(41)40-24-18(33)6-7-19(23(24)34)39-25(42)14-11-13(3-4-16(14)29)38-26(43)22-21(27(22,30)31)12-2-5-17(32)15(10-12)28(35,36)37/h2-7,10-11,21-22H,8-9H2,1H3,(H,38,43)(H,39,42)(H,40,41)/t21?,22-/m1/s1. The predicted molar refractivity (Wildman–Crippen MR) is 158 cm³/mol. The minimum Gasteiger partial charge on any atom is -0.326 e. The van der Waals surface area contributed by atoms with Gasteiger partial charge in [0.1, 0.15) is 21.7 Å². The lowest BCUT2D eigenvalue weighted by Crippen LogP contribution is -2.19. The summed E-state index contributed by atoms with van der Waals surface area (Å²) in [5, 5.41) is 6.70. The summed E-state index contributed by atoms with van der Waals surface area (Å²) in [5.74, 6) is -8.17. The normalized spacial score (nSPS) is 17.1. The number of alkyl halides is 5. The summed E-state index contributed by atoms with van der Waals surface area (Å²) in [5.41, 5.74) is -3.13. The molecule has 44 heavy (non-hydrogen) atoms.